The van der Waals surface area contributed by atoms with Gasteiger partial charge in [-0.2, -0.15) is 0 Å². The Kier molecular flexibility index (Phi) is 3.92. The summed E-state index contributed by atoms with van der Waals surface area (Å²) in [5.74, 6) is -0.214. The van der Waals surface area contributed by atoms with Crippen LogP contribution in [0.1, 0.15) is 12.0 Å². The number of nitrogens with two attached hydrogens (primary N) is 1. The molecule has 0 saturated carbocycles. The van der Waals surface area contributed by atoms with Gasteiger partial charge in [0.25, 0.3) is 0 Å². The minimum Gasteiger partial charge on any atom is -0.324 e. The second-order valence-electron chi connectivity index (χ2n) is 4.45. The molecule has 1 amide bonds. The number of nitrogens with zero attached hydrogens (tertiary/aromatic N) is 1. The fraction of sp³-hybridized carbons (Fsp3) is 0.200. The first-order valence-electron chi connectivity index (χ1n) is 6.15. The van der Waals surface area contributed by atoms with Crippen LogP contribution in [0.2, 0.25) is 0 Å². The number of aromatic nitrogens is 1. The summed E-state index contributed by atoms with van der Waals surface area (Å²) in [6, 6.07) is 7.01. The van der Waals surface area contributed by atoms with Crippen LogP contribution in [0.4, 0.5) is 5.69 Å². The van der Waals surface area contributed by atoms with Crippen molar-refractivity contribution in [3.05, 3.63) is 48.7 Å². The van der Waals surface area contributed by atoms with E-state index in [0.29, 0.717) is 6.42 Å². The Morgan fingerprint density at radius 1 is 1.53 bits per heavy atom. The van der Waals surface area contributed by atoms with E-state index in [4.69, 9.17) is 5.73 Å². The summed E-state index contributed by atoms with van der Waals surface area (Å²) in [6.07, 6.45) is 3.83. The van der Waals surface area contributed by atoms with Gasteiger partial charge in [-0.15, -0.1) is 6.58 Å². The van der Waals surface area contributed by atoms with E-state index in [9.17, 15) is 4.79 Å². The summed E-state index contributed by atoms with van der Waals surface area (Å²) in [5.41, 5.74) is 8.44. The Bertz CT molecular complexity index is 622. The van der Waals surface area contributed by atoms with Crippen molar-refractivity contribution in [3.8, 4) is 0 Å². The second kappa shape index (κ2) is 5.63. The summed E-state index contributed by atoms with van der Waals surface area (Å²) < 4.78 is 0. The van der Waals surface area contributed by atoms with Crippen LogP contribution < -0.4 is 11.1 Å². The molecule has 3 N–H and O–H groups in total. The van der Waals surface area contributed by atoms with Crippen LogP contribution in [0.25, 0.3) is 10.9 Å². The van der Waals surface area contributed by atoms with Gasteiger partial charge in [-0.25, -0.2) is 0 Å². The normalized spacial score (nSPS) is 12.1. The number of hydrogen-bond donors (Lipinski definition) is 2. The van der Waals surface area contributed by atoms with E-state index in [2.05, 4.69) is 16.9 Å². The molecule has 1 atom stereocenters. The molecule has 2 aromatic rings. The Morgan fingerprint density at radius 2 is 2.32 bits per heavy atom. The number of anilines is 1. The van der Waals surface area contributed by atoms with E-state index in [0.717, 1.165) is 22.2 Å². The lowest BCUT2D eigenvalue weighted by Crippen LogP contribution is -2.35. The van der Waals surface area contributed by atoms with Crippen LogP contribution in [-0.4, -0.2) is 16.9 Å². The predicted octanol–water partition coefficient (Wildman–Crippen LogP) is 2.39. The Morgan fingerprint density at radius 3 is 3.05 bits per heavy atom. The molecule has 0 saturated heterocycles. The van der Waals surface area contributed by atoms with E-state index < -0.39 is 6.04 Å². The minimum atomic E-state index is -0.578. The Balaban J connectivity index is 2.33. The zero-order valence-electron chi connectivity index (χ0n) is 10.9. The SMILES string of the molecule is C=CCC(N)C(=O)Nc1ccc(C)c2ncccc12. The molecule has 1 unspecified atom stereocenters. The van der Waals surface area contributed by atoms with Gasteiger partial charge in [-0.1, -0.05) is 12.1 Å². The molecule has 0 fully saturated rings. The predicted molar refractivity (Wildman–Crippen MR) is 77.9 cm³/mol. The molecule has 19 heavy (non-hydrogen) atoms. The molecule has 4 nitrogen and oxygen atoms in total. The number of rotatable bonds is 4. The van der Waals surface area contributed by atoms with Crippen LogP contribution in [-0.2, 0) is 4.79 Å². The summed E-state index contributed by atoms with van der Waals surface area (Å²) >= 11 is 0. The third kappa shape index (κ3) is 2.80. The van der Waals surface area contributed by atoms with Crippen LogP contribution in [0.3, 0.4) is 0 Å². The number of benzene rings is 1. The molecule has 1 aromatic heterocycles. The Hall–Kier alpha value is -2.20. The van der Waals surface area contributed by atoms with Crippen molar-refractivity contribution in [2.24, 2.45) is 5.73 Å². The number of amides is 1. The van der Waals surface area contributed by atoms with E-state index in [1.54, 1.807) is 12.3 Å². The van der Waals surface area contributed by atoms with Crippen molar-refractivity contribution >= 4 is 22.5 Å². The monoisotopic (exact) mass is 255 g/mol. The number of nitrogens with one attached hydrogen (secondary N) is 1. The maximum absolute atomic E-state index is 11.9. The average molecular weight is 255 g/mol. The van der Waals surface area contributed by atoms with E-state index in [1.807, 2.05) is 31.2 Å². The van der Waals surface area contributed by atoms with Gasteiger partial charge in [0, 0.05) is 11.6 Å². The molecular weight excluding hydrogens is 238 g/mol. The quantitative estimate of drug-likeness (QED) is 0.824. The molecular formula is C15H17N3O. The van der Waals surface area contributed by atoms with Crippen LogP contribution in [0.15, 0.2) is 43.1 Å². The highest BCUT2D eigenvalue weighted by molar-refractivity contribution is 6.03. The highest BCUT2D eigenvalue weighted by atomic mass is 16.2. The van der Waals surface area contributed by atoms with Crippen molar-refractivity contribution in [1.29, 1.82) is 0 Å². The minimum absolute atomic E-state index is 0.214. The lowest BCUT2D eigenvalue weighted by Gasteiger charge is -2.13. The zero-order chi connectivity index (χ0) is 13.8. The Labute approximate surface area is 112 Å². The van der Waals surface area contributed by atoms with Gasteiger partial charge in [-0.3, -0.25) is 9.78 Å². The van der Waals surface area contributed by atoms with Crippen LogP contribution in [0, 0.1) is 6.92 Å². The fourth-order valence-corrected chi connectivity index (χ4v) is 1.93. The molecule has 0 spiro atoms. The van der Waals surface area contributed by atoms with Gasteiger partial charge in [0.15, 0.2) is 0 Å². The summed E-state index contributed by atoms with van der Waals surface area (Å²) in [5, 5.41) is 3.76. The number of carbonyl (C=O) groups is 1. The molecule has 4 heteroatoms. The smallest absolute Gasteiger partial charge is 0.241 e. The number of pyridine rings is 1. The van der Waals surface area contributed by atoms with Gasteiger partial charge < -0.3 is 11.1 Å². The topological polar surface area (TPSA) is 68.0 Å². The summed E-state index contributed by atoms with van der Waals surface area (Å²) in [7, 11) is 0. The number of aryl methyl sites for hydroxylation is 1. The molecule has 1 aromatic carbocycles. The molecule has 0 aliphatic heterocycles. The van der Waals surface area contributed by atoms with Gasteiger partial charge in [0.2, 0.25) is 5.91 Å². The maximum atomic E-state index is 11.9. The lowest BCUT2D eigenvalue weighted by molar-refractivity contribution is -0.117. The largest absolute Gasteiger partial charge is 0.324 e. The van der Waals surface area contributed by atoms with Crippen LogP contribution in [0.5, 0.6) is 0 Å². The molecule has 0 aliphatic rings. The second-order valence-corrected chi connectivity index (χ2v) is 4.45. The van der Waals surface area contributed by atoms with Crippen molar-refractivity contribution in [1.82, 2.24) is 4.98 Å². The first-order chi connectivity index (χ1) is 9.13. The van der Waals surface area contributed by atoms with E-state index in [1.165, 1.54) is 0 Å². The molecule has 0 radical (unpaired) electrons. The van der Waals surface area contributed by atoms with Crippen molar-refractivity contribution < 1.29 is 4.79 Å². The van der Waals surface area contributed by atoms with E-state index >= 15 is 0 Å². The molecule has 0 bridgehead atoms. The third-order valence-corrected chi connectivity index (χ3v) is 2.99. The first kappa shape index (κ1) is 13.2. The highest BCUT2D eigenvalue weighted by Gasteiger charge is 2.13. The number of hydrogen-bond acceptors (Lipinski definition) is 3. The van der Waals surface area contributed by atoms with Gasteiger partial charge in [-0.05, 0) is 37.1 Å². The van der Waals surface area contributed by atoms with Crippen molar-refractivity contribution in [2.45, 2.75) is 19.4 Å². The summed E-state index contributed by atoms with van der Waals surface area (Å²) in [6.45, 7) is 5.57. The third-order valence-electron chi connectivity index (χ3n) is 2.99. The highest BCUT2D eigenvalue weighted by Crippen LogP contribution is 2.24. The maximum Gasteiger partial charge on any atom is 0.241 e. The molecule has 98 valence electrons. The first-order valence-corrected chi connectivity index (χ1v) is 6.15. The zero-order valence-corrected chi connectivity index (χ0v) is 10.9. The molecule has 2 rings (SSSR count). The van der Waals surface area contributed by atoms with Crippen LogP contribution >= 0.6 is 0 Å². The van der Waals surface area contributed by atoms with Crippen molar-refractivity contribution in [3.63, 3.8) is 0 Å². The molecule has 1 heterocycles. The number of carbonyl (C=O) groups excluding carboxylic acids is 1. The standard InChI is InChI=1S/C15H17N3O/c1-3-5-12(16)15(19)18-13-8-7-10(2)14-11(13)6-4-9-17-14/h3-4,6-9,12H,1,5,16H2,2H3,(H,18,19). The lowest BCUT2D eigenvalue weighted by atomic mass is 10.1. The van der Waals surface area contributed by atoms with Crippen molar-refractivity contribution in [2.75, 3.05) is 5.32 Å². The van der Waals surface area contributed by atoms with Gasteiger partial charge in [0.05, 0.1) is 17.2 Å². The number of fused-ring (bicyclic) bond motifs is 1. The van der Waals surface area contributed by atoms with Gasteiger partial charge >= 0.3 is 0 Å². The van der Waals surface area contributed by atoms with E-state index in [-0.39, 0.29) is 5.91 Å². The van der Waals surface area contributed by atoms with Gasteiger partial charge in [0.1, 0.15) is 0 Å². The fourth-order valence-electron chi connectivity index (χ4n) is 1.93. The molecule has 0 aliphatic carbocycles. The summed E-state index contributed by atoms with van der Waals surface area (Å²) in [4.78, 5) is 16.3. The average Bonchev–Trinajstić information content (AvgIpc) is 2.42.